The Kier molecular flexibility index (Phi) is 4.54. The molecule has 1 amide bonds. The number of piperidine rings is 2. The maximum atomic E-state index is 12.6. The standard InChI is InChI=1S/C18H30N6O/c1-22-15(13-23-9-3-2-4-10-23)20-21-16(22)14-6-5-11-24(12-14)17(25)18(19)7-8-18/h14H,2-13,19H2,1H3. The van der Waals surface area contributed by atoms with Gasteiger partial charge in [-0.25, -0.2) is 0 Å². The Morgan fingerprint density at radius 1 is 1.16 bits per heavy atom. The van der Waals surface area contributed by atoms with Crippen molar-refractivity contribution in [2.45, 2.75) is 62.9 Å². The van der Waals surface area contributed by atoms with E-state index < -0.39 is 5.54 Å². The molecule has 0 spiro atoms. The van der Waals surface area contributed by atoms with E-state index in [4.69, 9.17) is 5.73 Å². The van der Waals surface area contributed by atoms with Crippen LogP contribution in [0.15, 0.2) is 0 Å². The van der Waals surface area contributed by atoms with Crippen molar-refractivity contribution in [1.29, 1.82) is 0 Å². The zero-order valence-corrected chi connectivity index (χ0v) is 15.3. The number of carbonyl (C=O) groups excluding carboxylic acids is 1. The third-order valence-electron chi connectivity index (χ3n) is 6.10. The molecule has 1 unspecified atom stereocenters. The van der Waals surface area contributed by atoms with Crippen LogP contribution in [0.25, 0.3) is 0 Å². The number of nitrogens with zero attached hydrogens (tertiary/aromatic N) is 5. The Labute approximate surface area is 149 Å². The average Bonchev–Trinajstić information content (AvgIpc) is 3.30. The van der Waals surface area contributed by atoms with Gasteiger partial charge < -0.3 is 15.2 Å². The van der Waals surface area contributed by atoms with Crippen LogP contribution >= 0.6 is 0 Å². The largest absolute Gasteiger partial charge is 0.340 e. The number of carbonyl (C=O) groups is 1. The summed E-state index contributed by atoms with van der Waals surface area (Å²) >= 11 is 0. The summed E-state index contributed by atoms with van der Waals surface area (Å²) in [6.45, 7) is 4.75. The third-order valence-corrected chi connectivity index (χ3v) is 6.10. The predicted molar refractivity (Wildman–Crippen MR) is 94.8 cm³/mol. The molecular weight excluding hydrogens is 316 g/mol. The molecule has 1 aromatic rings. The minimum absolute atomic E-state index is 0.132. The number of aromatic nitrogens is 3. The molecule has 1 saturated carbocycles. The van der Waals surface area contributed by atoms with E-state index >= 15 is 0 Å². The molecule has 3 aliphatic rings. The van der Waals surface area contributed by atoms with Crippen molar-refractivity contribution in [2.75, 3.05) is 26.2 Å². The molecule has 0 bridgehead atoms. The maximum absolute atomic E-state index is 12.6. The van der Waals surface area contributed by atoms with Crippen LogP contribution in [0, 0.1) is 0 Å². The van der Waals surface area contributed by atoms with Gasteiger partial charge >= 0.3 is 0 Å². The summed E-state index contributed by atoms with van der Waals surface area (Å²) in [5, 5.41) is 8.95. The lowest BCUT2D eigenvalue weighted by molar-refractivity contribution is -0.134. The van der Waals surface area contributed by atoms with Crippen molar-refractivity contribution in [1.82, 2.24) is 24.6 Å². The minimum Gasteiger partial charge on any atom is -0.340 e. The van der Waals surface area contributed by atoms with Gasteiger partial charge in [-0.3, -0.25) is 9.69 Å². The quantitative estimate of drug-likeness (QED) is 0.880. The molecule has 2 aliphatic heterocycles. The average molecular weight is 346 g/mol. The lowest BCUT2D eigenvalue weighted by Gasteiger charge is -2.34. The SMILES string of the molecule is Cn1c(CN2CCCCC2)nnc1C1CCCN(C(=O)C2(N)CC2)C1. The van der Waals surface area contributed by atoms with Crippen molar-refractivity contribution in [2.24, 2.45) is 12.8 Å². The summed E-state index contributed by atoms with van der Waals surface area (Å²) in [6.07, 6.45) is 7.65. The second-order valence-electron chi connectivity index (χ2n) is 8.12. The molecule has 2 N–H and O–H groups in total. The van der Waals surface area contributed by atoms with E-state index in [1.54, 1.807) is 0 Å². The van der Waals surface area contributed by atoms with Gasteiger partial charge in [-0.2, -0.15) is 0 Å². The molecule has 3 fully saturated rings. The van der Waals surface area contributed by atoms with E-state index in [1.165, 1.54) is 19.3 Å². The summed E-state index contributed by atoms with van der Waals surface area (Å²) in [4.78, 5) is 17.0. The Hall–Kier alpha value is -1.47. The van der Waals surface area contributed by atoms with Crippen molar-refractivity contribution >= 4 is 5.91 Å². The van der Waals surface area contributed by atoms with Gasteiger partial charge in [0, 0.05) is 26.1 Å². The highest BCUT2D eigenvalue weighted by atomic mass is 16.2. The minimum atomic E-state index is -0.568. The third kappa shape index (κ3) is 3.44. The fourth-order valence-electron chi connectivity index (χ4n) is 4.22. The first-order valence-electron chi connectivity index (χ1n) is 9.76. The molecule has 25 heavy (non-hydrogen) atoms. The molecule has 7 nitrogen and oxygen atoms in total. The molecule has 0 aromatic carbocycles. The Balaban J connectivity index is 1.43. The summed E-state index contributed by atoms with van der Waals surface area (Å²) in [7, 11) is 2.07. The first kappa shape index (κ1) is 17.0. The van der Waals surface area contributed by atoms with Crippen LogP contribution in [0.5, 0.6) is 0 Å². The molecule has 1 atom stereocenters. The van der Waals surface area contributed by atoms with Crippen LogP contribution in [-0.4, -0.2) is 62.2 Å². The van der Waals surface area contributed by atoms with Gasteiger partial charge in [0.05, 0.1) is 12.1 Å². The molecule has 2 saturated heterocycles. The van der Waals surface area contributed by atoms with E-state index in [2.05, 4.69) is 26.7 Å². The zero-order valence-electron chi connectivity index (χ0n) is 15.3. The summed E-state index contributed by atoms with van der Waals surface area (Å²) in [5.41, 5.74) is 5.55. The first-order valence-corrected chi connectivity index (χ1v) is 9.76. The molecule has 4 rings (SSSR count). The number of hydrogen-bond acceptors (Lipinski definition) is 5. The van der Waals surface area contributed by atoms with E-state index in [-0.39, 0.29) is 11.8 Å². The monoisotopic (exact) mass is 346 g/mol. The number of amides is 1. The lowest BCUT2D eigenvalue weighted by Crippen LogP contribution is -2.49. The molecule has 1 aromatic heterocycles. The summed E-state index contributed by atoms with van der Waals surface area (Å²) in [5.74, 6) is 2.46. The van der Waals surface area contributed by atoms with Crippen LogP contribution in [0.3, 0.4) is 0 Å². The van der Waals surface area contributed by atoms with Crippen LogP contribution < -0.4 is 5.73 Å². The van der Waals surface area contributed by atoms with Crippen LogP contribution in [-0.2, 0) is 18.4 Å². The molecule has 0 radical (unpaired) electrons. The lowest BCUT2D eigenvalue weighted by atomic mass is 9.96. The Morgan fingerprint density at radius 3 is 2.64 bits per heavy atom. The van der Waals surface area contributed by atoms with E-state index in [0.717, 1.165) is 70.1 Å². The van der Waals surface area contributed by atoms with E-state index in [0.29, 0.717) is 0 Å². The van der Waals surface area contributed by atoms with Gasteiger partial charge in [-0.05, 0) is 51.6 Å². The summed E-state index contributed by atoms with van der Waals surface area (Å²) in [6, 6.07) is 0. The number of rotatable bonds is 4. The van der Waals surface area contributed by atoms with Crippen molar-refractivity contribution in [3.8, 4) is 0 Å². The van der Waals surface area contributed by atoms with Gasteiger partial charge in [-0.1, -0.05) is 6.42 Å². The highest BCUT2D eigenvalue weighted by molar-refractivity contribution is 5.89. The highest BCUT2D eigenvalue weighted by Crippen LogP contribution is 2.36. The maximum Gasteiger partial charge on any atom is 0.242 e. The van der Waals surface area contributed by atoms with Crippen LogP contribution in [0.1, 0.15) is 62.5 Å². The van der Waals surface area contributed by atoms with E-state index in [9.17, 15) is 4.79 Å². The predicted octanol–water partition coefficient (Wildman–Crippen LogP) is 0.998. The fourth-order valence-corrected chi connectivity index (χ4v) is 4.22. The highest BCUT2D eigenvalue weighted by Gasteiger charge is 2.48. The van der Waals surface area contributed by atoms with Gasteiger partial charge in [0.1, 0.15) is 11.6 Å². The van der Waals surface area contributed by atoms with E-state index in [1.807, 2.05) is 4.90 Å². The second-order valence-corrected chi connectivity index (χ2v) is 8.12. The smallest absolute Gasteiger partial charge is 0.242 e. The number of likely N-dealkylation sites (tertiary alicyclic amines) is 2. The first-order chi connectivity index (χ1) is 12.1. The van der Waals surface area contributed by atoms with Crippen molar-refractivity contribution in [3.63, 3.8) is 0 Å². The number of nitrogens with two attached hydrogens (primary N) is 1. The van der Waals surface area contributed by atoms with Crippen molar-refractivity contribution in [3.05, 3.63) is 11.6 Å². The van der Waals surface area contributed by atoms with Crippen LogP contribution in [0.4, 0.5) is 0 Å². The van der Waals surface area contributed by atoms with Gasteiger partial charge in [0.15, 0.2) is 0 Å². The van der Waals surface area contributed by atoms with Crippen LogP contribution in [0.2, 0.25) is 0 Å². The Bertz CT molecular complexity index is 632. The fraction of sp³-hybridized carbons (Fsp3) is 0.833. The molecule has 138 valence electrons. The van der Waals surface area contributed by atoms with Crippen molar-refractivity contribution < 1.29 is 4.79 Å². The topological polar surface area (TPSA) is 80.3 Å². The van der Waals surface area contributed by atoms with Gasteiger partial charge in [0.25, 0.3) is 0 Å². The zero-order chi connectivity index (χ0) is 17.4. The number of hydrogen-bond donors (Lipinski definition) is 1. The molecule has 3 heterocycles. The van der Waals surface area contributed by atoms with Gasteiger partial charge in [0.2, 0.25) is 5.91 Å². The second kappa shape index (κ2) is 6.68. The summed E-state index contributed by atoms with van der Waals surface area (Å²) < 4.78 is 2.16. The normalized spacial score (nSPS) is 26.6. The molecule has 1 aliphatic carbocycles. The molecule has 7 heteroatoms. The van der Waals surface area contributed by atoms with Gasteiger partial charge in [-0.15, -0.1) is 10.2 Å². The Morgan fingerprint density at radius 2 is 1.92 bits per heavy atom. The molecular formula is C18H30N6O.